The van der Waals surface area contributed by atoms with Gasteiger partial charge in [-0.25, -0.2) is 8.42 Å². The van der Waals surface area contributed by atoms with Crippen molar-refractivity contribution in [1.82, 2.24) is 4.90 Å². The minimum absolute atomic E-state index is 0.0454. The highest BCUT2D eigenvalue weighted by Gasteiger charge is 2.37. The second kappa shape index (κ2) is 5.90. The van der Waals surface area contributed by atoms with Crippen molar-refractivity contribution in [1.29, 1.82) is 0 Å². The van der Waals surface area contributed by atoms with Gasteiger partial charge in [-0.2, -0.15) is 0 Å². The van der Waals surface area contributed by atoms with Gasteiger partial charge in [0, 0.05) is 12.1 Å². The number of carbonyl (C=O) groups excluding carboxylic acids is 1. The molecule has 1 atom stereocenters. The van der Waals surface area contributed by atoms with Crippen LogP contribution in [-0.2, 0) is 14.6 Å². The highest BCUT2D eigenvalue weighted by atomic mass is 79.9. The highest BCUT2D eigenvalue weighted by Crippen LogP contribution is 2.28. The predicted molar refractivity (Wildman–Crippen MR) is 74.6 cm³/mol. The number of nitrogens with zero attached hydrogens (tertiary/aromatic N) is 1. The van der Waals surface area contributed by atoms with E-state index in [2.05, 4.69) is 15.9 Å². The normalized spacial score (nSPS) is 28.2. The molecule has 1 unspecified atom stereocenters. The average Bonchev–Trinajstić information content (AvgIpc) is 2.71. The van der Waals surface area contributed by atoms with E-state index in [-0.39, 0.29) is 29.5 Å². The van der Waals surface area contributed by atoms with Gasteiger partial charge in [0.05, 0.1) is 16.8 Å². The number of sulfone groups is 1. The van der Waals surface area contributed by atoms with Gasteiger partial charge in [0.1, 0.15) is 0 Å². The van der Waals surface area contributed by atoms with Crippen molar-refractivity contribution in [2.24, 2.45) is 0 Å². The van der Waals surface area contributed by atoms with Crippen molar-refractivity contribution in [2.75, 3.05) is 16.8 Å². The average molecular weight is 338 g/mol. The summed E-state index contributed by atoms with van der Waals surface area (Å²) in [6.45, 7) is 0. The van der Waals surface area contributed by atoms with E-state index in [1.54, 1.807) is 0 Å². The monoisotopic (exact) mass is 337 g/mol. The lowest BCUT2D eigenvalue weighted by Crippen LogP contribution is -2.49. The lowest BCUT2D eigenvalue weighted by Gasteiger charge is -2.38. The van der Waals surface area contributed by atoms with Crippen LogP contribution < -0.4 is 0 Å². The maximum atomic E-state index is 12.1. The van der Waals surface area contributed by atoms with Gasteiger partial charge >= 0.3 is 0 Å². The lowest BCUT2D eigenvalue weighted by molar-refractivity contribution is -0.133. The van der Waals surface area contributed by atoms with Gasteiger partial charge in [-0.15, -0.1) is 0 Å². The van der Waals surface area contributed by atoms with Crippen LogP contribution in [0.25, 0.3) is 0 Å². The molecule has 18 heavy (non-hydrogen) atoms. The van der Waals surface area contributed by atoms with Crippen LogP contribution in [0.5, 0.6) is 0 Å². The summed E-state index contributed by atoms with van der Waals surface area (Å²) in [4.78, 5) is 14.0. The Morgan fingerprint density at radius 2 is 1.78 bits per heavy atom. The summed E-state index contributed by atoms with van der Waals surface area (Å²) >= 11 is 3.22. The van der Waals surface area contributed by atoms with E-state index in [4.69, 9.17) is 0 Å². The number of rotatable bonds is 3. The molecule has 0 aromatic heterocycles. The first-order valence-corrected chi connectivity index (χ1v) is 9.55. The molecule has 2 fully saturated rings. The minimum Gasteiger partial charge on any atom is -0.335 e. The molecule has 0 bridgehead atoms. The van der Waals surface area contributed by atoms with E-state index in [0.29, 0.717) is 11.8 Å². The molecule has 2 aliphatic rings. The van der Waals surface area contributed by atoms with Crippen LogP contribution in [0.4, 0.5) is 0 Å². The second-order valence-corrected chi connectivity index (χ2v) is 8.07. The van der Waals surface area contributed by atoms with Crippen LogP contribution in [0.15, 0.2) is 0 Å². The molecule has 0 spiro atoms. The predicted octanol–water partition coefficient (Wildman–Crippen LogP) is 1.73. The molecule has 1 aliphatic heterocycles. The topological polar surface area (TPSA) is 54.5 Å². The van der Waals surface area contributed by atoms with Gasteiger partial charge < -0.3 is 4.90 Å². The van der Waals surface area contributed by atoms with Crippen LogP contribution in [0, 0.1) is 0 Å². The summed E-state index contributed by atoms with van der Waals surface area (Å²) in [5.41, 5.74) is 0. The molecule has 0 aromatic carbocycles. The fraction of sp³-hybridized carbons (Fsp3) is 0.917. The summed E-state index contributed by atoms with van der Waals surface area (Å²) in [6.07, 6.45) is 6.18. The standard InChI is InChI=1S/C12H20BrNO3S/c13-8-12(15)14(10-4-2-1-3-5-10)11-6-7-18(16,17)9-11/h10-11H,1-9H2. The second-order valence-electron chi connectivity index (χ2n) is 5.28. The Labute approximate surface area is 117 Å². The summed E-state index contributed by atoms with van der Waals surface area (Å²) in [5.74, 6) is 0.433. The van der Waals surface area contributed by atoms with Crippen molar-refractivity contribution < 1.29 is 13.2 Å². The Kier molecular flexibility index (Phi) is 4.69. The summed E-state index contributed by atoms with van der Waals surface area (Å²) < 4.78 is 23.2. The molecule has 4 nitrogen and oxygen atoms in total. The van der Waals surface area contributed by atoms with Crippen LogP contribution >= 0.6 is 15.9 Å². The van der Waals surface area contributed by atoms with E-state index < -0.39 is 9.84 Å². The van der Waals surface area contributed by atoms with Crippen LogP contribution in [0.2, 0.25) is 0 Å². The number of halogens is 1. The summed E-state index contributed by atoms with van der Waals surface area (Å²) in [7, 11) is -2.93. The van der Waals surface area contributed by atoms with Crippen molar-refractivity contribution in [3.8, 4) is 0 Å². The van der Waals surface area contributed by atoms with Gasteiger partial charge in [0.15, 0.2) is 9.84 Å². The Bertz CT molecular complexity index is 404. The third kappa shape index (κ3) is 3.26. The Morgan fingerprint density at radius 3 is 2.28 bits per heavy atom. The molecule has 0 radical (unpaired) electrons. The van der Waals surface area contributed by atoms with E-state index in [9.17, 15) is 13.2 Å². The largest absolute Gasteiger partial charge is 0.335 e. The zero-order valence-corrected chi connectivity index (χ0v) is 12.9. The van der Waals surface area contributed by atoms with Gasteiger partial charge in [-0.05, 0) is 19.3 Å². The van der Waals surface area contributed by atoms with Crippen molar-refractivity contribution in [3.63, 3.8) is 0 Å². The van der Waals surface area contributed by atoms with Gasteiger partial charge in [0.25, 0.3) is 0 Å². The van der Waals surface area contributed by atoms with Crippen LogP contribution in [0.3, 0.4) is 0 Å². The Morgan fingerprint density at radius 1 is 1.11 bits per heavy atom. The number of alkyl halides is 1. The molecule has 1 saturated heterocycles. The zero-order chi connectivity index (χ0) is 13.2. The third-order valence-electron chi connectivity index (χ3n) is 3.97. The fourth-order valence-corrected chi connectivity index (χ4v) is 5.13. The number of hydrogen-bond donors (Lipinski definition) is 0. The molecule has 1 heterocycles. The minimum atomic E-state index is -2.93. The number of amides is 1. The van der Waals surface area contributed by atoms with E-state index >= 15 is 0 Å². The van der Waals surface area contributed by atoms with Gasteiger partial charge in [-0.1, -0.05) is 35.2 Å². The van der Waals surface area contributed by atoms with Gasteiger partial charge in [0.2, 0.25) is 5.91 Å². The first kappa shape index (κ1) is 14.3. The third-order valence-corrected chi connectivity index (χ3v) is 6.20. The maximum absolute atomic E-state index is 12.1. The first-order chi connectivity index (χ1) is 8.53. The summed E-state index contributed by atoms with van der Waals surface area (Å²) in [5, 5.41) is 0.292. The summed E-state index contributed by atoms with van der Waals surface area (Å²) in [6, 6.07) is 0.158. The lowest BCUT2D eigenvalue weighted by atomic mass is 9.93. The van der Waals surface area contributed by atoms with E-state index in [0.717, 1.165) is 25.7 Å². The first-order valence-electron chi connectivity index (χ1n) is 6.61. The molecular weight excluding hydrogens is 318 g/mol. The quantitative estimate of drug-likeness (QED) is 0.737. The molecule has 1 amide bonds. The molecular formula is C12H20BrNO3S. The van der Waals surface area contributed by atoms with Crippen molar-refractivity contribution in [2.45, 2.75) is 50.6 Å². The smallest absolute Gasteiger partial charge is 0.233 e. The maximum Gasteiger partial charge on any atom is 0.233 e. The molecule has 2 rings (SSSR count). The van der Waals surface area contributed by atoms with Gasteiger partial charge in [-0.3, -0.25) is 4.79 Å². The number of carbonyl (C=O) groups is 1. The fourth-order valence-electron chi connectivity index (χ4n) is 3.13. The molecule has 0 N–H and O–H groups in total. The Balaban J connectivity index is 2.12. The van der Waals surface area contributed by atoms with E-state index in [1.807, 2.05) is 4.90 Å². The molecule has 0 aromatic rings. The zero-order valence-electron chi connectivity index (χ0n) is 10.5. The molecule has 1 aliphatic carbocycles. The van der Waals surface area contributed by atoms with E-state index in [1.165, 1.54) is 6.42 Å². The molecule has 104 valence electrons. The molecule has 1 saturated carbocycles. The Hall–Kier alpha value is -0.100. The number of hydrogen-bond acceptors (Lipinski definition) is 3. The van der Waals surface area contributed by atoms with Crippen LogP contribution in [-0.4, -0.2) is 48.1 Å². The highest BCUT2D eigenvalue weighted by molar-refractivity contribution is 9.09. The van der Waals surface area contributed by atoms with Crippen LogP contribution in [0.1, 0.15) is 38.5 Å². The van der Waals surface area contributed by atoms with Crippen molar-refractivity contribution >= 4 is 31.7 Å². The molecule has 6 heteroatoms. The van der Waals surface area contributed by atoms with Crippen molar-refractivity contribution in [3.05, 3.63) is 0 Å². The SMILES string of the molecule is O=C(CBr)N(C1CCCCC1)C1CCS(=O)(=O)C1.